The van der Waals surface area contributed by atoms with Gasteiger partial charge in [-0.3, -0.25) is 0 Å². The molecule has 0 radical (unpaired) electrons. The maximum atomic E-state index is 2.60. The van der Waals surface area contributed by atoms with Crippen molar-refractivity contribution in [2.45, 2.75) is 70.6 Å². The zero-order valence-electron chi connectivity index (χ0n) is 58.0. The molecule has 22 rings (SSSR count). The van der Waals surface area contributed by atoms with E-state index in [2.05, 4.69) is 352 Å². The first kappa shape index (κ1) is 57.8. The molecule has 16 aromatic carbocycles. The Labute approximate surface area is 592 Å². The number of hydrogen-bond acceptors (Lipinski definition) is 0. The van der Waals surface area contributed by atoms with Crippen molar-refractivity contribution < 1.29 is 0 Å². The first-order valence-electron chi connectivity index (χ1n) is 36.6. The van der Waals surface area contributed by atoms with Gasteiger partial charge in [-0.1, -0.05) is 242 Å². The quantitative estimate of drug-likeness (QED) is 0.141. The second-order valence-electron chi connectivity index (χ2n) is 30.5. The first-order chi connectivity index (χ1) is 50.0. The molecule has 0 fully saturated rings. The highest BCUT2D eigenvalue weighted by atomic mass is 15.0. The van der Waals surface area contributed by atoms with Crippen molar-refractivity contribution in [3.63, 3.8) is 0 Å². The average molecular weight is 1300 g/mol. The van der Waals surface area contributed by atoms with Crippen molar-refractivity contribution in [1.29, 1.82) is 0 Å². The molecular weight excluding hydrogens is 1230 g/mol. The van der Waals surface area contributed by atoms with Crippen LogP contribution in [0.15, 0.2) is 297 Å². The number of para-hydroxylation sites is 1. The van der Waals surface area contributed by atoms with Gasteiger partial charge in [0.25, 0.3) is 0 Å². The van der Waals surface area contributed by atoms with E-state index in [1.165, 1.54) is 203 Å². The third kappa shape index (κ3) is 7.59. The second kappa shape index (κ2) is 20.6. The van der Waals surface area contributed by atoms with Gasteiger partial charge in [0, 0.05) is 65.3 Å². The summed E-state index contributed by atoms with van der Waals surface area (Å²) in [7, 11) is 0. The van der Waals surface area contributed by atoms with Gasteiger partial charge < -0.3 is 13.7 Å². The predicted molar refractivity (Wildman–Crippen MR) is 432 cm³/mol. The molecule has 19 aromatic rings. The molecule has 0 atom stereocenters. The van der Waals surface area contributed by atoms with Gasteiger partial charge in [-0.15, -0.1) is 0 Å². The molecular formula is C99H71N3. The number of rotatable bonds is 7. The lowest BCUT2D eigenvalue weighted by Crippen LogP contribution is -2.22. The molecule has 3 heteroatoms. The maximum Gasteiger partial charge on any atom is 0.0547 e. The minimum absolute atomic E-state index is 0.0104. The largest absolute Gasteiger partial charge is 0.309 e. The van der Waals surface area contributed by atoms with Crippen LogP contribution in [0.2, 0.25) is 0 Å². The Hall–Kier alpha value is -12.0. The van der Waals surface area contributed by atoms with Crippen molar-refractivity contribution in [1.82, 2.24) is 13.7 Å². The number of hydrogen-bond donors (Lipinski definition) is 0. The summed E-state index contributed by atoms with van der Waals surface area (Å²) in [6.07, 6.45) is 2.13. The van der Waals surface area contributed by atoms with Crippen LogP contribution >= 0.6 is 0 Å². The molecule has 0 amide bonds. The molecule has 0 spiro atoms. The molecule has 3 nitrogen and oxygen atoms in total. The SMILES string of the molecule is CCC1(CC)c2ccccc2-c2cc3c(cc21)c1ccccc1n3-c1cccc(-c2ccc3c(c2)c2cc4c(cc2n3-c2cc3ccc(-c5cccc6c5c5cc7c(cc5n6-c5ccc6c(ccc8ccccc86)c5)-c5ccccc5C7(C)C)cc3c3ccccc23)-c2ccccc2C4(C)C)c1. The Morgan fingerprint density at radius 3 is 1.47 bits per heavy atom. The van der Waals surface area contributed by atoms with E-state index in [1.54, 1.807) is 0 Å². The summed E-state index contributed by atoms with van der Waals surface area (Å²) < 4.78 is 7.66. The minimum Gasteiger partial charge on any atom is -0.309 e. The third-order valence-corrected chi connectivity index (χ3v) is 25.0. The van der Waals surface area contributed by atoms with Crippen LogP contribution in [0.1, 0.15) is 87.8 Å². The second-order valence-corrected chi connectivity index (χ2v) is 30.5. The van der Waals surface area contributed by atoms with Gasteiger partial charge in [-0.2, -0.15) is 0 Å². The van der Waals surface area contributed by atoms with Gasteiger partial charge in [0.15, 0.2) is 0 Å². The summed E-state index contributed by atoms with van der Waals surface area (Å²) in [5.74, 6) is 0. The Kier molecular flexibility index (Phi) is 11.7. The monoisotopic (exact) mass is 1300 g/mol. The van der Waals surface area contributed by atoms with Crippen molar-refractivity contribution in [2.24, 2.45) is 0 Å². The van der Waals surface area contributed by atoms with E-state index in [1.807, 2.05) is 0 Å². The highest BCUT2D eigenvalue weighted by molar-refractivity contribution is 6.21. The van der Waals surface area contributed by atoms with E-state index >= 15 is 0 Å². The van der Waals surface area contributed by atoms with Crippen LogP contribution in [-0.4, -0.2) is 13.7 Å². The van der Waals surface area contributed by atoms with E-state index in [9.17, 15) is 0 Å². The highest BCUT2D eigenvalue weighted by Gasteiger charge is 2.42. The van der Waals surface area contributed by atoms with E-state index in [0.717, 1.165) is 24.2 Å². The summed E-state index contributed by atoms with van der Waals surface area (Å²) in [5, 5.41) is 17.6. The molecule has 0 aliphatic heterocycles. The fourth-order valence-corrected chi connectivity index (χ4v) is 20.0. The number of fused-ring (bicyclic) bond motifs is 24. The van der Waals surface area contributed by atoms with Crippen LogP contribution < -0.4 is 0 Å². The van der Waals surface area contributed by atoms with E-state index in [-0.39, 0.29) is 16.2 Å². The van der Waals surface area contributed by atoms with Crippen molar-refractivity contribution in [3.05, 3.63) is 331 Å². The lowest BCUT2D eigenvalue weighted by atomic mass is 9.73. The van der Waals surface area contributed by atoms with Gasteiger partial charge in [-0.05, 0) is 237 Å². The Balaban J connectivity index is 0.728. The lowest BCUT2D eigenvalue weighted by molar-refractivity contribution is 0.491. The molecule has 3 aliphatic carbocycles. The molecule has 0 unspecified atom stereocenters. The standard InChI is InChI=1S/C99H71N3/c1-7-99(8-2)85-36-19-15-30-72(85)78-57-93-80(53-88(78)99)74-32-16-20-37-89(74)100(93)64-25-21-24-59(47-64)60-43-46-90-79(49-60)81-52-86-76(70-28-13-17-34-83(70)97(86,3)4)55-94(81)102(90)92-51-63-42-41-62(50-75(63)69-27-11-12-31-73(69)92)68-33-22-38-91-96(68)82-54-87-77(71-29-14-18-35-84(71)98(87,5)6)56-95(82)101(91)65-44-45-67-61(48-65)40-39-58-23-9-10-26-66(58)67/h9-57H,7-8H2,1-6H3. The van der Waals surface area contributed by atoms with Crippen LogP contribution in [0, 0.1) is 0 Å². The van der Waals surface area contributed by atoms with Gasteiger partial charge in [-0.25, -0.2) is 0 Å². The van der Waals surface area contributed by atoms with Crippen LogP contribution in [0.3, 0.4) is 0 Å². The first-order valence-corrected chi connectivity index (χ1v) is 36.6. The minimum atomic E-state index is -0.180. The topological polar surface area (TPSA) is 14.8 Å². The molecule has 102 heavy (non-hydrogen) atoms. The van der Waals surface area contributed by atoms with Crippen molar-refractivity contribution >= 4 is 109 Å². The lowest BCUT2D eigenvalue weighted by Gasteiger charge is -2.29. The van der Waals surface area contributed by atoms with Crippen LogP contribution in [0.25, 0.3) is 181 Å². The highest BCUT2D eigenvalue weighted by Crippen LogP contribution is 2.57. The van der Waals surface area contributed by atoms with E-state index in [4.69, 9.17) is 0 Å². The Morgan fingerprint density at radius 1 is 0.235 bits per heavy atom. The predicted octanol–water partition coefficient (Wildman–Crippen LogP) is 26.6. The van der Waals surface area contributed by atoms with Gasteiger partial charge in [0.1, 0.15) is 0 Å². The van der Waals surface area contributed by atoms with Crippen LogP contribution in [0.5, 0.6) is 0 Å². The molecule has 3 aromatic heterocycles. The Morgan fingerprint density at radius 2 is 0.716 bits per heavy atom. The zero-order valence-corrected chi connectivity index (χ0v) is 58.0. The molecule has 0 bridgehead atoms. The summed E-state index contributed by atoms with van der Waals surface area (Å²) in [4.78, 5) is 0. The van der Waals surface area contributed by atoms with Gasteiger partial charge in [0.2, 0.25) is 0 Å². The van der Waals surface area contributed by atoms with Gasteiger partial charge >= 0.3 is 0 Å². The number of nitrogens with zero attached hydrogens (tertiary/aromatic N) is 3. The van der Waals surface area contributed by atoms with Crippen LogP contribution in [-0.2, 0) is 16.2 Å². The number of benzene rings is 16. The maximum absolute atomic E-state index is 2.60. The molecule has 0 saturated carbocycles. The molecule has 0 N–H and O–H groups in total. The molecule has 3 aliphatic rings. The smallest absolute Gasteiger partial charge is 0.0547 e. The zero-order chi connectivity index (χ0) is 67.8. The average Bonchev–Trinajstić information content (AvgIpc) is 1.55. The fourth-order valence-electron chi connectivity index (χ4n) is 20.0. The van der Waals surface area contributed by atoms with E-state index < -0.39 is 0 Å². The van der Waals surface area contributed by atoms with Crippen LogP contribution in [0.4, 0.5) is 0 Å². The van der Waals surface area contributed by atoms with Gasteiger partial charge in [0.05, 0.1) is 38.8 Å². The molecule has 3 heterocycles. The molecule has 0 saturated heterocycles. The summed E-state index contributed by atoms with van der Waals surface area (Å²) in [6, 6.07) is 114. The number of aromatic nitrogens is 3. The van der Waals surface area contributed by atoms with Crippen molar-refractivity contribution in [2.75, 3.05) is 0 Å². The van der Waals surface area contributed by atoms with Crippen molar-refractivity contribution in [3.8, 4) is 72.7 Å². The third-order valence-electron chi connectivity index (χ3n) is 25.0. The summed E-state index contributed by atoms with van der Waals surface area (Å²) in [5.41, 5.74) is 31.7. The van der Waals surface area contributed by atoms with E-state index in [0.29, 0.717) is 0 Å². The summed E-state index contributed by atoms with van der Waals surface area (Å²) >= 11 is 0. The molecule has 482 valence electrons. The Bertz CT molecular complexity index is 6970. The normalized spacial score (nSPS) is 14.5. The summed E-state index contributed by atoms with van der Waals surface area (Å²) in [6.45, 7) is 14.4. The fraction of sp³-hybridized carbons (Fsp3) is 0.111.